The number of carbonyl (C=O) groups is 2. The van der Waals surface area contributed by atoms with E-state index in [2.05, 4.69) is 5.32 Å². The van der Waals surface area contributed by atoms with Crippen molar-refractivity contribution in [2.75, 3.05) is 6.54 Å². The number of amides is 1. The van der Waals surface area contributed by atoms with Crippen molar-refractivity contribution in [3.8, 4) is 0 Å². The number of hydrogen-bond acceptors (Lipinski definition) is 2. The van der Waals surface area contributed by atoms with Gasteiger partial charge in [0.25, 0.3) is 0 Å². The highest BCUT2D eigenvalue weighted by Gasteiger charge is 2.21. The Morgan fingerprint density at radius 1 is 1.08 bits per heavy atom. The summed E-state index contributed by atoms with van der Waals surface area (Å²) in [5.74, 6) is -2.52. The average Bonchev–Trinajstić information content (AvgIpc) is 2.55. The van der Waals surface area contributed by atoms with E-state index in [4.69, 9.17) is 0 Å². The third kappa shape index (κ3) is 4.91. The minimum absolute atomic E-state index is 0.0219. The molecule has 1 amide bonds. The van der Waals surface area contributed by atoms with Crippen molar-refractivity contribution >= 4 is 11.9 Å². The van der Waals surface area contributed by atoms with Crippen LogP contribution in [0.5, 0.6) is 0 Å². The Bertz CT molecular complexity index is 703. The fourth-order valence-corrected chi connectivity index (χ4v) is 2.53. The zero-order valence-corrected chi connectivity index (χ0v) is 13.4. The summed E-state index contributed by atoms with van der Waals surface area (Å²) in [4.78, 5) is 23.5. The number of carbonyl (C=O) groups excluding carboxylic acids is 1. The fourth-order valence-electron chi connectivity index (χ4n) is 2.53. The van der Waals surface area contributed by atoms with Crippen molar-refractivity contribution in [2.45, 2.75) is 25.2 Å². The van der Waals surface area contributed by atoms with Gasteiger partial charge in [-0.05, 0) is 29.2 Å². The van der Waals surface area contributed by atoms with Gasteiger partial charge in [0.1, 0.15) is 5.82 Å². The van der Waals surface area contributed by atoms with Crippen molar-refractivity contribution in [1.82, 2.24) is 5.32 Å². The highest BCUT2D eigenvalue weighted by atomic mass is 19.1. The quantitative estimate of drug-likeness (QED) is 0.819. The SMILES string of the molecule is CC(CC(=O)NCC(C(=O)O)c1ccccc1)c1cccc(F)c1. The van der Waals surface area contributed by atoms with Crippen LogP contribution in [0.2, 0.25) is 0 Å². The second kappa shape index (κ2) is 8.24. The predicted molar refractivity (Wildman–Crippen MR) is 89.3 cm³/mol. The third-order valence-electron chi connectivity index (χ3n) is 3.91. The van der Waals surface area contributed by atoms with Crippen LogP contribution in [0.25, 0.3) is 0 Å². The number of aliphatic carboxylic acids is 1. The van der Waals surface area contributed by atoms with E-state index in [0.717, 1.165) is 5.56 Å². The summed E-state index contributed by atoms with van der Waals surface area (Å²) in [5, 5.41) is 12.0. The largest absolute Gasteiger partial charge is 0.481 e. The lowest BCUT2D eigenvalue weighted by atomic mass is 9.96. The van der Waals surface area contributed by atoms with E-state index < -0.39 is 11.9 Å². The average molecular weight is 329 g/mol. The lowest BCUT2D eigenvalue weighted by molar-refractivity contribution is -0.138. The zero-order valence-electron chi connectivity index (χ0n) is 13.4. The van der Waals surface area contributed by atoms with Crippen LogP contribution in [0.15, 0.2) is 54.6 Å². The molecule has 0 saturated carbocycles. The Morgan fingerprint density at radius 3 is 2.38 bits per heavy atom. The van der Waals surface area contributed by atoms with Gasteiger partial charge in [-0.1, -0.05) is 49.4 Å². The molecule has 2 aromatic rings. The Balaban J connectivity index is 1.93. The first-order chi connectivity index (χ1) is 11.5. The molecule has 2 aromatic carbocycles. The molecule has 2 rings (SSSR count). The number of rotatable bonds is 7. The molecule has 0 spiro atoms. The zero-order chi connectivity index (χ0) is 17.5. The second-order valence-corrected chi connectivity index (χ2v) is 5.77. The van der Waals surface area contributed by atoms with Crippen LogP contribution in [0.1, 0.15) is 36.3 Å². The first-order valence-corrected chi connectivity index (χ1v) is 7.77. The van der Waals surface area contributed by atoms with E-state index in [9.17, 15) is 19.1 Å². The summed E-state index contributed by atoms with van der Waals surface area (Å²) in [6.07, 6.45) is 0.171. The summed E-state index contributed by atoms with van der Waals surface area (Å²) in [5.41, 5.74) is 1.38. The molecule has 0 heterocycles. The topological polar surface area (TPSA) is 66.4 Å². The van der Waals surface area contributed by atoms with E-state index in [1.165, 1.54) is 12.1 Å². The summed E-state index contributed by atoms with van der Waals surface area (Å²) in [6.45, 7) is 1.86. The lowest BCUT2D eigenvalue weighted by Crippen LogP contribution is -2.32. The van der Waals surface area contributed by atoms with Gasteiger partial charge >= 0.3 is 5.97 Å². The molecule has 0 aromatic heterocycles. The van der Waals surface area contributed by atoms with Crippen molar-refractivity contribution in [2.24, 2.45) is 0 Å². The maximum Gasteiger partial charge on any atom is 0.312 e. The number of hydrogen-bond donors (Lipinski definition) is 2. The van der Waals surface area contributed by atoms with Gasteiger partial charge in [-0.3, -0.25) is 9.59 Å². The molecule has 4 nitrogen and oxygen atoms in total. The summed E-state index contributed by atoms with van der Waals surface area (Å²) in [6, 6.07) is 14.9. The molecule has 0 fully saturated rings. The van der Waals surface area contributed by atoms with Crippen LogP contribution in [0.4, 0.5) is 4.39 Å². The van der Waals surface area contributed by atoms with Gasteiger partial charge in [0, 0.05) is 13.0 Å². The van der Waals surface area contributed by atoms with Gasteiger partial charge in [-0.15, -0.1) is 0 Å². The summed E-state index contributed by atoms with van der Waals surface area (Å²) in [7, 11) is 0. The number of nitrogens with one attached hydrogen (secondary N) is 1. The van der Waals surface area contributed by atoms with E-state index >= 15 is 0 Å². The lowest BCUT2D eigenvalue weighted by Gasteiger charge is -2.16. The Kier molecular flexibility index (Phi) is 6.07. The molecule has 0 aliphatic carbocycles. The van der Waals surface area contributed by atoms with Crippen molar-refractivity contribution < 1.29 is 19.1 Å². The first kappa shape index (κ1) is 17.7. The smallest absolute Gasteiger partial charge is 0.312 e. The van der Waals surface area contributed by atoms with Gasteiger partial charge in [0.2, 0.25) is 5.91 Å². The molecule has 0 radical (unpaired) electrons. The molecule has 2 N–H and O–H groups in total. The van der Waals surface area contributed by atoms with Crippen LogP contribution in [-0.4, -0.2) is 23.5 Å². The summed E-state index contributed by atoms with van der Waals surface area (Å²) < 4.78 is 13.2. The van der Waals surface area contributed by atoms with E-state index in [0.29, 0.717) is 5.56 Å². The fraction of sp³-hybridized carbons (Fsp3) is 0.263. The normalized spacial score (nSPS) is 13.1. The molecular formula is C19H20FNO3. The highest BCUT2D eigenvalue weighted by Crippen LogP contribution is 2.20. The van der Waals surface area contributed by atoms with Crippen LogP contribution in [0.3, 0.4) is 0 Å². The van der Waals surface area contributed by atoms with Gasteiger partial charge in [0.15, 0.2) is 0 Å². The van der Waals surface area contributed by atoms with Crippen molar-refractivity contribution in [1.29, 1.82) is 0 Å². The molecule has 0 aliphatic heterocycles. The van der Waals surface area contributed by atoms with Gasteiger partial charge in [-0.25, -0.2) is 4.39 Å². The number of halogens is 1. The number of carboxylic acid groups (broad SMARTS) is 1. The maximum absolute atomic E-state index is 13.2. The molecule has 5 heteroatoms. The van der Waals surface area contributed by atoms with Crippen LogP contribution in [0, 0.1) is 5.82 Å². The van der Waals surface area contributed by atoms with Crippen molar-refractivity contribution in [3.05, 3.63) is 71.5 Å². The minimum atomic E-state index is -0.986. The summed E-state index contributed by atoms with van der Waals surface area (Å²) >= 11 is 0. The molecule has 0 aliphatic rings. The van der Waals surface area contributed by atoms with Crippen molar-refractivity contribution in [3.63, 3.8) is 0 Å². The Labute approximate surface area is 140 Å². The maximum atomic E-state index is 13.2. The molecule has 0 bridgehead atoms. The van der Waals surface area contributed by atoms with Crippen LogP contribution >= 0.6 is 0 Å². The predicted octanol–water partition coefficient (Wildman–Crippen LogP) is 3.30. The second-order valence-electron chi connectivity index (χ2n) is 5.77. The molecule has 2 unspecified atom stereocenters. The molecular weight excluding hydrogens is 309 g/mol. The molecule has 24 heavy (non-hydrogen) atoms. The standard InChI is InChI=1S/C19H20FNO3/c1-13(15-8-5-9-16(20)11-15)10-18(22)21-12-17(19(23)24)14-6-3-2-4-7-14/h2-9,11,13,17H,10,12H2,1H3,(H,21,22)(H,23,24). The van der Waals surface area contributed by atoms with E-state index in [1.54, 1.807) is 36.4 Å². The number of carboxylic acids is 1. The number of benzene rings is 2. The molecule has 126 valence electrons. The van der Waals surface area contributed by atoms with Gasteiger partial charge < -0.3 is 10.4 Å². The Morgan fingerprint density at radius 2 is 1.75 bits per heavy atom. The first-order valence-electron chi connectivity index (χ1n) is 7.77. The van der Waals surface area contributed by atoms with Gasteiger partial charge in [-0.2, -0.15) is 0 Å². The molecule has 0 saturated heterocycles. The Hall–Kier alpha value is -2.69. The van der Waals surface area contributed by atoms with Crippen LogP contribution in [-0.2, 0) is 9.59 Å². The van der Waals surface area contributed by atoms with E-state index in [1.807, 2.05) is 13.0 Å². The van der Waals surface area contributed by atoms with Crippen LogP contribution < -0.4 is 5.32 Å². The molecule has 2 atom stereocenters. The van der Waals surface area contributed by atoms with E-state index in [-0.39, 0.29) is 30.6 Å². The monoisotopic (exact) mass is 329 g/mol. The van der Waals surface area contributed by atoms with Gasteiger partial charge in [0.05, 0.1) is 5.92 Å². The minimum Gasteiger partial charge on any atom is -0.481 e. The highest BCUT2D eigenvalue weighted by molar-refractivity contribution is 5.80. The third-order valence-corrected chi connectivity index (χ3v) is 3.91.